The lowest BCUT2D eigenvalue weighted by Gasteiger charge is -2.18. The van der Waals surface area contributed by atoms with E-state index in [1.807, 2.05) is 24.1 Å². The van der Waals surface area contributed by atoms with Crippen molar-refractivity contribution in [3.05, 3.63) is 18.2 Å². The minimum Gasteiger partial charge on any atom is -0.497 e. The van der Waals surface area contributed by atoms with Gasteiger partial charge in [0.25, 0.3) is 0 Å². The molecule has 0 unspecified atom stereocenters. The van der Waals surface area contributed by atoms with Crippen molar-refractivity contribution in [2.45, 2.75) is 18.9 Å². The molecule has 1 aliphatic rings. The van der Waals surface area contributed by atoms with E-state index in [9.17, 15) is 4.79 Å². The highest BCUT2D eigenvalue weighted by molar-refractivity contribution is 5.81. The maximum Gasteiger partial charge on any atom is 0.241 e. The molecule has 0 heterocycles. The van der Waals surface area contributed by atoms with Crippen molar-refractivity contribution < 1.29 is 14.3 Å². The molecule has 19 heavy (non-hydrogen) atoms. The van der Waals surface area contributed by atoms with Gasteiger partial charge in [0.05, 0.1) is 26.5 Å². The molecule has 1 saturated carbocycles. The molecule has 0 aromatic heterocycles. The molecule has 1 fully saturated rings. The summed E-state index contributed by atoms with van der Waals surface area (Å²) in [4.78, 5) is 13.7. The first-order valence-corrected chi connectivity index (χ1v) is 6.37. The Morgan fingerprint density at radius 1 is 1.37 bits per heavy atom. The first kappa shape index (κ1) is 13.5. The molecule has 1 N–H and O–H groups in total. The average molecular weight is 264 g/mol. The highest BCUT2D eigenvalue weighted by Crippen LogP contribution is 2.29. The zero-order valence-corrected chi connectivity index (χ0v) is 11.6. The number of ether oxygens (including phenoxy) is 2. The van der Waals surface area contributed by atoms with Crippen LogP contribution in [-0.4, -0.2) is 44.7 Å². The number of benzene rings is 1. The molecule has 1 aliphatic carbocycles. The van der Waals surface area contributed by atoms with Crippen LogP contribution in [0.2, 0.25) is 0 Å². The van der Waals surface area contributed by atoms with Crippen LogP contribution in [0.4, 0.5) is 5.69 Å². The molecule has 0 spiro atoms. The van der Waals surface area contributed by atoms with Crippen molar-refractivity contribution in [2.24, 2.45) is 0 Å². The normalized spacial score (nSPS) is 13.8. The van der Waals surface area contributed by atoms with Crippen molar-refractivity contribution in [3.8, 4) is 11.5 Å². The van der Waals surface area contributed by atoms with Gasteiger partial charge in [-0.1, -0.05) is 0 Å². The highest BCUT2D eigenvalue weighted by Gasteiger charge is 2.29. The topological polar surface area (TPSA) is 50.8 Å². The molecule has 0 atom stereocenters. The Hall–Kier alpha value is -1.91. The first-order valence-electron chi connectivity index (χ1n) is 6.37. The molecule has 104 valence electrons. The number of nitrogens with zero attached hydrogens (tertiary/aromatic N) is 1. The molecule has 2 rings (SSSR count). The summed E-state index contributed by atoms with van der Waals surface area (Å²) in [7, 11) is 5.06. The van der Waals surface area contributed by atoms with Crippen LogP contribution < -0.4 is 14.8 Å². The van der Waals surface area contributed by atoms with E-state index in [1.54, 1.807) is 20.3 Å². The summed E-state index contributed by atoms with van der Waals surface area (Å²) in [5.41, 5.74) is 0.792. The summed E-state index contributed by atoms with van der Waals surface area (Å²) in [5.74, 6) is 1.49. The Kier molecular flexibility index (Phi) is 4.14. The zero-order chi connectivity index (χ0) is 13.8. The predicted molar refractivity (Wildman–Crippen MR) is 73.8 cm³/mol. The van der Waals surface area contributed by atoms with E-state index in [0.717, 1.165) is 24.3 Å². The van der Waals surface area contributed by atoms with Crippen LogP contribution >= 0.6 is 0 Å². The molecular weight excluding hydrogens is 244 g/mol. The summed E-state index contributed by atoms with van der Waals surface area (Å²) in [5, 5.41) is 3.11. The van der Waals surface area contributed by atoms with Crippen LogP contribution in [-0.2, 0) is 4.79 Å². The average Bonchev–Trinajstić information content (AvgIpc) is 3.28. The third-order valence-electron chi connectivity index (χ3n) is 3.33. The van der Waals surface area contributed by atoms with Crippen LogP contribution in [0.15, 0.2) is 18.2 Å². The first-order chi connectivity index (χ1) is 9.15. The molecule has 0 saturated heterocycles. The number of hydrogen-bond acceptors (Lipinski definition) is 4. The van der Waals surface area contributed by atoms with Gasteiger partial charge in [0.1, 0.15) is 11.5 Å². The Morgan fingerprint density at radius 2 is 2.11 bits per heavy atom. The van der Waals surface area contributed by atoms with Crippen LogP contribution in [0.3, 0.4) is 0 Å². The van der Waals surface area contributed by atoms with Crippen LogP contribution in [0.25, 0.3) is 0 Å². The molecule has 0 bridgehead atoms. The van der Waals surface area contributed by atoms with Gasteiger partial charge in [0.2, 0.25) is 5.91 Å². The van der Waals surface area contributed by atoms with E-state index in [1.165, 1.54) is 0 Å². The van der Waals surface area contributed by atoms with Gasteiger partial charge >= 0.3 is 0 Å². The number of anilines is 1. The molecule has 0 aliphatic heterocycles. The number of carbonyl (C=O) groups excluding carboxylic acids is 1. The summed E-state index contributed by atoms with van der Waals surface area (Å²) < 4.78 is 10.4. The minimum atomic E-state index is 0.0976. The lowest BCUT2D eigenvalue weighted by atomic mass is 10.2. The lowest BCUT2D eigenvalue weighted by Crippen LogP contribution is -2.33. The van der Waals surface area contributed by atoms with E-state index in [2.05, 4.69) is 5.32 Å². The van der Waals surface area contributed by atoms with E-state index >= 15 is 0 Å². The largest absolute Gasteiger partial charge is 0.497 e. The number of nitrogens with one attached hydrogen (secondary N) is 1. The lowest BCUT2D eigenvalue weighted by molar-refractivity contribution is -0.128. The quantitative estimate of drug-likeness (QED) is 0.850. The van der Waals surface area contributed by atoms with Crippen molar-refractivity contribution >= 4 is 11.6 Å². The number of hydrogen-bond donors (Lipinski definition) is 1. The van der Waals surface area contributed by atoms with E-state index in [-0.39, 0.29) is 12.5 Å². The van der Waals surface area contributed by atoms with Crippen LogP contribution in [0.5, 0.6) is 11.5 Å². The van der Waals surface area contributed by atoms with Crippen molar-refractivity contribution in [1.82, 2.24) is 4.90 Å². The summed E-state index contributed by atoms with van der Waals surface area (Å²) in [6.45, 7) is 0.274. The molecule has 5 heteroatoms. The fourth-order valence-electron chi connectivity index (χ4n) is 1.91. The highest BCUT2D eigenvalue weighted by atomic mass is 16.5. The van der Waals surface area contributed by atoms with Gasteiger partial charge in [-0.3, -0.25) is 4.79 Å². The van der Waals surface area contributed by atoms with E-state index in [4.69, 9.17) is 9.47 Å². The van der Waals surface area contributed by atoms with Gasteiger partial charge < -0.3 is 19.7 Å². The number of methoxy groups -OCH3 is 2. The summed E-state index contributed by atoms with van der Waals surface area (Å²) in [6, 6.07) is 5.91. The van der Waals surface area contributed by atoms with Gasteiger partial charge in [-0.25, -0.2) is 0 Å². The molecule has 0 radical (unpaired) electrons. The zero-order valence-electron chi connectivity index (χ0n) is 11.6. The Labute approximate surface area is 113 Å². The molecule has 5 nitrogen and oxygen atoms in total. The third kappa shape index (κ3) is 3.30. The van der Waals surface area contributed by atoms with Gasteiger partial charge in [0.15, 0.2) is 0 Å². The Morgan fingerprint density at radius 3 is 2.68 bits per heavy atom. The predicted octanol–water partition coefficient (Wildman–Crippen LogP) is 1.74. The second kappa shape index (κ2) is 5.82. The number of amides is 1. The maximum absolute atomic E-state index is 11.9. The van der Waals surface area contributed by atoms with Crippen molar-refractivity contribution in [3.63, 3.8) is 0 Å². The SMILES string of the molecule is COc1ccc(NCC(=O)N(C)C2CC2)c(OC)c1. The van der Waals surface area contributed by atoms with Gasteiger partial charge in [-0.05, 0) is 25.0 Å². The van der Waals surface area contributed by atoms with E-state index < -0.39 is 0 Å². The number of carbonyl (C=O) groups is 1. The minimum absolute atomic E-state index is 0.0976. The molecule has 1 aromatic rings. The van der Waals surface area contributed by atoms with E-state index in [0.29, 0.717) is 11.8 Å². The third-order valence-corrected chi connectivity index (χ3v) is 3.33. The molecular formula is C14H20N2O3. The fraction of sp³-hybridized carbons (Fsp3) is 0.500. The fourth-order valence-corrected chi connectivity index (χ4v) is 1.91. The number of likely N-dealkylation sites (N-methyl/N-ethyl adjacent to an activating group) is 1. The van der Waals surface area contributed by atoms with Gasteiger partial charge in [-0.2, -0.15) is 0 Å². The van der Waals surface area contributed by atoms with Gasteiger partial charge in [0, 0.05) is 19.2 Å². The Balaban J connectivity index is 1.96. The van der Waals surface area contributed by atoms with Crippen LogP contribution in [0, 0.1) is 0 Å². The summed E-state index contributed by atoms with van der Waals surface area (Å²) in [6.07, 6.45) is 2.24. The second-order valence-electron chi connectivity index (χ2n) is 4.66. The van der Waals surface area contributed by atoms with Crippen molar-refractivity contribution in [1.29, 1.82) is 0 Å². The van der Waals surface area contributed by atoms with Crippen LogP contribution in [0.1, 0.15) is 12.8 Å². The monoisotopic (exact) mass is 264 g/mol. The summed E-state index contributed by atoms with van der Waals surface area (Å²) >= 11 is 0. The maximum atomic E-state index is 11.9. The number of rotatable bonds is 6. The Bertz CT molecular complexity index is 458. The van der Waals surface area contributed by atoms with Gasteiger partial charge in [-0.15, -0.1) is 0 Å². The standard InChI is InChI=1S/C14H20N2O3/c1-16(10-4-5-10)14(17)9-15-12-7-6-11(18-2)8-13(12)19-3/h6-8,10,15H,4-5,9H2,1-3H3. The molecule has 1 aromatic carbocycles. The molecule has 1 amide bonds. The smallest absolute Gasteiger partial charge is 0.241 e. The second-order valence-corrected chi connectivity index (χ2v) is 4.66. The van der Waals surface area contributed by atoms with Crippen molar-refractivity contribution in [2.75, 3.05) is 33.1 Å².